The van der Waals surface area contributed by atoms with Gasteiger partial charge in [-0.1, -0.05) is 30.3 Å². The number of benzene rings is 2. The molecule has 0 atom stereocenters. The molecule has 0 aliphatic carbocycles. The highest BCUT2D eigenvalue weighted by atomic mass is 16.6. The molecule has 1 heterocycles. The number of fused-ring (bicyclic) bond motifs is 1. The highest BCUT2D eigenvalue weighted by molar-refractivity contribution is 5.91. The van der Waals surface area contributed by atoms with E-state index in [1.54, 1.807) is 0 Å². The van der Waals surface area contributed by atoms with Crippen LogP contribution in [0.2, 0.25) is 0 Å². The molecule has 0 radical (unpaired) electrons. The Balaban J connectivity index is 1.53. The minimum absolute atomic E-state index is 0.000361. The number of ether oxygens (including phenoxy) is 2. The minimum Gasteiger partial charge on any atom is -0.486 e. The first kappa shape index (κ1) is 18.3. The maximum Gasteiger partial charge on any atom is 0.225 e. The lowest BCUT2D eigenvalue weighted by Gasteiger charge is -2.26. The minimum atomic E-state index is 0.000361. The third-order valence-electron chi connectivity index (χ3n) is 4.41. The summed E-state index contributed by atoms with van der Waals surface area (Å²) in [6, 6.07) is 16.2. The van der Waals surface area contributed by atoms with Gasteiger partial charge in [0.05, 0.1) is 0 Å². The van der Waals surface area contributed by atoms with E-state index in [1.807, 2.05) is 36.4 Å². The van der Waals surface area contributed by atoms with E-state index in [1.165, 1.54) is 5.56 Å². The number of carbonyl (C=O) groups excluding carboxylic acids is 1. The summed E-state index contributed by atoms with van der Waals surface area (Å²) in [5, 5.41) is 2.95. The SMILES string of the molecule is CC(C)N(CCC(=O)Nc1ccc2c(c1)OCCO2)Cc1ccccc1. The Morgan fingerprint density at radius 2 is 1.81 bits per heavy atom. The van der Waals surface area contributed by atoms with Crippen molar-refractivity contribution in [2.75, 3.05) is 25.1 Å². The third kappa shape index (κ3) is 4.99. The molecule has 138 valence electrons. The molecule has 0 spiro atoms. The lowest BCUT2D eigenvalue weighted by Crippen LogP contribution is -2.33. The highest BCUT2D eigenvalue weighted by Gasteiger charge is 2.15. The van der Waals surface area contributed by atoms with Crippen molar-refractivity contribution in [3.8, 4) is 11.5 Å². The van der Waals surface area contributed by atoms with Crippen LogP contribution in [-0.2, 0) is 11.3 Å². The van der Waals surface area contributed by atoms with Gasteiger partial charge in [-0.05, 0) is 31.5 Å². The number of rotatable bonds is 7. The van der Waals surface area contributed by atoms with E-state index in [2.05, 4.69) is 36.2 Å². The molecule has 1 aliphatic heterocycles. The van der Waals surface area contributed by atoms with Gasteiger partial charge in [-0.2, -0.15) is 0 Å². The topological polar surface area (TPSA) is 50.8 Å². The molecule has 0 aromatic heterocycles. The van der Waals surface area contributed by atoms with Crippen LogP contribution in [0.15, 0.2) is 48.5 Å². The average molecular weight is 354 g/mol. The van der Waals surface area contributed by atoms with Crippen LogP contribution < -0.4 is 14.8 Å². The molecule has 0 bridgehead atoms. The number of anilines is 1. The summed E-state index contributed by atoms with van der Waals surface area (Å²) in [7, 11) is 0. The number of carbonyl (C=O) groups is 1. The van der Waals surface area contributed by atoms with Crippen LogP contribution in [0.25, 0.3) is 0 Å². The Bertz CT molecular complexity index is 731. The maximum absolute atomic E-state index is 12.4. The largest absolute Gasteiger partial charge is 0.486 e. The molecule has 1 aliphatic rings. The summed E-state index contributed by atoms with van der Waals surface area (Å²) < 4.78 is 11.1. The van der Waals surface area contributed by atoms with Crippen molar-refractivity contribution < 1.29 is 14.3 Å². The zero-order valence-electron chi connectivity index (χ0n) is 15.4. The van der Waals surface area contributed by atoms with Crippen LogP contribution in [0.1, 0.15) is 25.8 Å². The van der Waals surface area contributed by atoms with Gasteiger partial charge in [0.15, 0.2) is 11.5 Å². The van der Waals surface area contributed by atoms with Crippen molar-refractivity contribution in [3.05, 3.63) is 54.1 Å². The Morgan fingerprint density at radius 3 is 2.54 bits per heavy atom. The maximum atomic E-state index is 12.4. The van der Waals surface area contributed by atoms with Crippen molar-refractivity contribution >= 4 is 11.6 Å². The number of amides is 1. The molecular formula is C21H26N2O3. The standard InChI is InChI=1S/C21H26N2O3/c1-16(2)23(15-17-6-4-3-5-7-17)11-10-21(24)22-18-8-9-19-20(14-18)26-13-12-25-19/h3-9,14,16H,10-13,15H2,1-2H3,(H,22,24). The zero-order valence-corrected chi connectivity index (χ0v) is 15.4. The summed E-state index contributed by atoms with van der Waals surface area (Å²) in [5.74, 6) is 1.41. The van der Waals surface area contributed by atoms with Crippen molar-refractivity contribution in [3.63, 3.8) is 0 Å². The number of hydrogen-bond acceptors (Lipinski definition) is 4. The second-order valence-electron chi connectivity index (χ2n) is 6.71. The van der Waals surface area contributed by atoms with Gasteiger partial charge in [0.1, 0.15) is 13.2 Å². The summed E-state index contributed by atoms with van der Waals surface area (Å²) in [5.41, 5.74) is 1.99. The molecule has 2 aromatic rings. The van der Waals surface area contributed by atoms with Crippen molar-refractivity contribution in [2.24, 2.45) is 0 Å². The molecule has 0 saturated carbocycles. The molecule has 5 heteroatoms. The van der Waals surface area contributed by atoms with Crippen LogP contribution >= 0.6 is 0 Å². The van der Waals surface area contributed by atoms with Crippen LogP contribution in [0.4, 0.5) is 5.69 Å². The van der Waals surface area contributed by atoms with E-state index in [0.717, 1.165) is 18.0 Å². The van der Waals surface area contributed by atoms with E-state index in [0.29, 0.717) is 38.0 Å². The van der Waals surface area contributed by atoms with Gasteiger partial charge in [0, 0.05) is 37.3 Å². The molecule has 26 heavy (non-hydrogen) atoms. The van der Waals surface area contributed by atoms with Gasteiger partial charge in [-0.15, -0.1) is 0 Å². The monoisotopic (exact) mass is 354 g/mol. The van der Waals surface area contributed by atoms with Gasteiger partial charge in [0.25, 0.3) is 0 Å². The zero-order chi connectivity index (χ0) is 18.4. The molecule has 0 unspecified atom stereocenters. The van der Waals surface area contributed by atoms with E-state index in [9.17, 15) is 4.79 Å². The van der Waals surface area contributed by atoms with Gasteiger partial charge in [-0.25, -0.2) is 0 Å². The molecule has 1 N–H and O–H groups in total. The third-order valence-corrected chi connectivity index (χ3v) is 4.41. The van der Waals surface area contributed by atoms with Crippen molar-refractivity contribution in [1.29, 1.82) is 0 Å². The van der Waals surface area contributed by atoms with Crippen molar-refractivity contribution in [2.45, 2.75) is 32.9 Å². The second-order valence-corrected chi connectivity index (χ2v) is 6.71. The average Bonchev–Trinajstić information content (AvgIpc) is 2.65. The van der Waals surface area contributed by atoms with Crippen LogP contribution in [0, 0.1) is 0 Å². The molecule has 2 aromatic carbocycles. The summed E-state index contributed by atoms with van der Waals surface area (Å²) in [4.78, 5) is 14.7. The fourth-order valence-corrected chi connectivity index (χ4v) is 2.93. The fraction of sp³-hybridized carbons (Fsp3) is 0.381. The van der Waals surface area contributed by atoms with Gasteiger partial charge in [0.2, 0.25) is 5.91 Å². The predicted octanol–water partition coefficient (Wildman–Crippen LogP) is 3.70. The number of nitrogens with zero attached hydrogens (tertiary/aromatic N) is 1. The van der Waals surface area contributed by atoms with Crippen LogP contribution in [0.3, 0.4) is 0 Å². The predicted molar refractivity (Wildman–Crippen MR) is 103 cm³/mol. The molecule has 0 saturated heterocycles. The first-order valence-corrected chi connectivity index (χ1v) is 9.09. The molecule has 1 amide bonds. The lowest BCUT2D eigenvalue weighted by molar-refractivity contribution is -0.116. The summed E-state index contributed by atoms with van der Waals surface area (Å²) in [6.45, 7) is 6.96. The van der Waals surface area contributed by atoms with E-state index < -0.39 is 0 Å². The smallest absolute Gasteiger partial charge is 0.225 e. The van der Waals surface area contributed by atoms with E-state index in [-0.39, 0.29) is 5.91 Å². The highest BCUT2D eigenvalue weighted by Crippen LogP contribution is 2.32. The normalized spacial score (nSPS) is 13.1. The van der Waals surface area contributed by atoms with E-state index >= 15 is 0 Å². The van der Waals surface area contributed by atoms with Gasteiger partial charge < -0.3 is 14.8 Å². The second kappa shape index (κ2) is 8.72. The van der Waals surface area contributed by atoms with Gasteiger partial charge in [-0.3, -0.25) is 9.69 Å². The fourth-order valence-electron chi connectivity index (χ4n) is 2.93. The van der Waals surface area contributed by atoms with E-state index in [4.69, 9.17) is 9.47 Å². The Labute approximate surface area is 154 Å². The van der Waals surface area contributed by atoms with Crippen LogP contribution in [-0.4, -0.2) is 36.6 Å². The number of nitrogens with one attached hydrogen (secondary N) is 1. The first-order valence-electron chi connectivity index (χ1n) is 9.09. The van der Waals surface area contributed by atoms with Crippen LogP contribution in [0.5, 0.6) is 11.5 Å². The molecule has 0 fully saturated rings. The molecule has 5 nitrogen and oxygen atoms in total. The van der Waals surface area contributed by atoms with Gasteiger partial charge >= 0.3 is 0 Å². The quantitative estimate of drug-likeness (QED) is 0.824. The summed E-state index contributed by atoms with van der Waals surface area (Å²) in [6.07, 6.45) is 0.444. The Morgan fingerprint density at radius 1 is 1.08 bits per heavy atom. The molecular weight excluding hydrogens is 328 g/mol. The molecule has 3 rings (SSSR count). The summed E-state index contributed by atoms with van der Waals surface area (Å²) >= 11 is 0. The Hall–Kier alpha value is -2.53. The Kier molecular flexibility index (Phi) is 6.12. The number of hydrogen-bond donors (Lipinski definition) is 1. The lowest BCUT2D eigenvalue weighted by atomic mass is 10.2. The first-order chi connectivity index (χ1) is 12.6. The van der Waals surface area contributed by atoms with Crippen molar-refractivity contribution in [1.82, 2.24) is 4.90 Å².